The summed E-state index contributed by atoms with van der Waals surface area (Å²) in [5, 5.41) is 3.40. The van der Waals surface area contributed by atoms with Gasteiger partial charge in [0.05, 0.1) is 0 Å². The lowest BCUT2D eigenvalue weighted by molar-refractivity contribution is 0.559. The van der Waals surface area contributed by atoms with E-state index in [1.165, 1.54) is 12.8 Å². The first-order chi connectivity index (χ1) is 3.27. The molecular formula is C6H14ClN. The van der Waals surface area contributed by atoms with Crippen molar-refractivity contribution in [3.63, 3.8) is 0 Å². The highest BCUT2D eigenvalue weighted by Crippen LogP contribution is 2.33. The third kappa shape index (κ3) is 2.01. The van der Waals surface area contributed by atoms with E-state index < -0.39 is 0 Å². The highest BCUT2D eigenvalue weighted by molar-refractivity contribution is 5.85. The van der Waals surface area contributed by atoms with Crippen LogP contribution in [-0.2, 0) is 0 Å². The second-order valence-corrected chi connectivity index (χ2v) is 2.59. The first-order valence-corrected chi connectivity index (χ1v) is 3.02. The van der Waals surface area contributed by atoms with Crippen LogP contribution in [0.2, 0.25) is 0 Å². The van der Waals surface area contributed by atoms with E-state index in [4.69, 9.17) is 0 Å². The van der Waals surface area contributed by atoms with Crippen molar-refractivity contribution in [1.29, 1.82) is 0 Å². The van der Waals surface area contributed by atoms with Gasteiger partial charge in [0, 0.05) is 5.54 Å². The zero-order chi connectivity index (χ0) is 5.33. The first-order valence-electron chi connectivity index (χ1n) is 3.02. The highest BCUT2D eigenvalue weighted by atomic mass is 35.5. The van der Waals surface area contributed by atoms with Gasteiger partial charge >= 0.3 is 0 Å². The summed E-state index contributed by atoms with van der Waals surface area (Å²) < 4.78 is 0. The molecule has 8 heavy (non-hydrogen) atoms. The van der Waals surface area contributed by atoms with Gasteiger partial charge in [-0.25, -0.2) is 0 Å². The van der Waals surface area contributed by atoms with Crippen molar-refractivity contribution >= 4 is 12.4 Å². The lowest BCUT2D eigenvalue weighted by atomic mass is 10.3. The summed E-state index contributed by atoms with van der Waals surface area (Å²) in [4.78, 5) is 0. The number of rotatable bonds is 2. The van der Waals surface area contributed by atoms with Gasteiger partial charge in [-0.2, -0.15) is 0 Å². The van der Waals surface area contributed by atoms with Crippen LogP contribution in [0.1, 0.15) is 26.7 Å². The van der Waals surface area contributed by atoms with Crippen LogP contribution in [0, 0.1) is 0 Å². The van der Waals surface area contributed by atoms with Crippen molar-refractivity contribution in [2.24, 2.45) is 0 Å². The van der Waals surface area contributed by atoms with Gasteiger partial charge in [-0.1, -0.05) is 6.92 Å². The molecule has 0 spiro atoms. The molecule has 1 aliphatic rings. The average Bonchev–Trinajstić information content (AvgIpc) is 2.22. The predicted octanol–water partition coefficient (Wildman–Crippen LogP) is 1.57. The molecular weight excluding hydrogens is 122 g/mol. The SMILES string of the molecule is CCNC1(C)CC1.Cl. The number of halogens is 1. The quantitative estimate of drug-likeness (QED) is 0.606. The van der Waals surface area contributed by atoms with E-state index in [0.29, 0.717) is 5.54 Å². The van der Waals surface area contributed by atoms with Crippen molar-refractivity contribution in [2.75, 3.05) is 6.54 Å². The summed E-state index contributed by atoms with van der Waals surface area (Å²) in [6, 6.07) is 0. The van der Waals surface area contributed by atoms with E-state index in [-0.39, 0.29) is 12.4 Å². The maximum absolute atomic E-state index is 3.40. The molecule has 0 heterocycles. The van der Waals surface area contributed by atoms with Crippen molar-refractivity contribution in [2.45, 2.75) is 32.2 Å². The minimum atomic E-state index is 0. The molecule has 0 aromatic heterocycles. The Hall–Kier alpha value is 0.250. The molecule has 1 rings (SSSR count). The van der Waals surface area contributed by atoms with Gasteiger partial charge in [-0.05, 0) is 26.3 Å². The summed E-state index contributed by atoms with van der Waals surface area (Å²) in [6.45, 7) is 5.55. The zero-order valence-electron chi connectivity index (χ0n) is 5.53. The fourth-order valence-corrected chi connectivity index (χ4v) is 0.791. The summed E-state index contributed by atoms with van der Waals surface area (Å²) in [6.07, 6.45) is 2.75. The molecule has 50 valence electrons. The van der Waals surface area contributed by atoms with E-state index in [1.54, 1.807) is 0 Å². The molecule has 1 aliphatic carbocycles. The van der Waals surface area contributed by atoms with E-state index in [9.17, 15) is 0 Å². The molecule has 0 bridgehead atoms. The van der Waals surface area contributed by atoms with Gasteiger partial charge in [-0.3, -0.25) is 0 Å². The Bertz CT molecular complexity index is 68.9. The van der Waals surface area contributed by atoms with Crippen LogP contribution in [0.25, 0.3) is 0 Å². The second-order valence-electron chi connectivity index (χ2n) is 2.59. The molecule has 1 fully saturated rings. The van der Waals surface area contributed by atoms with E-state index >= 15 is 0 Å². The van der Waals surface area contributed by atoms with Crippen LogP contribution in [0.4, 0.5) is 0 Å². The van der Waals surface area contributed by atoms with Gasteiger partial charge in [0.25, 0.3) is 0 Å². The molecule has 1 saturated carbocycles. The van der Waals surface area contributed by atoms with E-state index in [0.717, 1.165) is 6.54 Å². The van der Waals surface area contributed by atoms with Crippen molar-refractivity contribution < 1.29 is 0 Å². The summed E-state index contributed by atoms with van der Waals surface area (Å²) in [5.74, 6) is 0. The molecule has 1 N–H and O–H groups in total. The smallest absolute Gasteiger partial charge is 0.0154 e. The Kier molecular flexibility index (Phi) is 2.78. The third-order valence-corrected chi connectivity index (χ3v) is 1.60. The fourth-order valence-electron chi connectivity index (χ4n) is 0.791. The Labute approximate surface area is 57.3 Å². The summed E-state index contributed by atoms with van der Waals surface area (Å²) in [5.41, 5.74) is 0.550. The van der Waals surface area contributed by atoms with Crippen LogP contribution in [-0.4, -0.2) is 12.1 Å². The van der Waals surface area contributed by atoms with Gasteiger partial charge in [-0.15, -0.1) is 12.4 Å². The van der Waals surface area contributed by atoms with Gasteiger partial charge in [0.2, 0.25) is 0 Å². The normalized spacial score (nSPS) is 21.8. The molecule has 2 heteroatoms. The topological polar surface area (TPSA) is 12.0 Å². The van der Waals surface area contributed by atoms with Crippen molar-refractivity contribution in [1.82, 2.24) is 5.32 Å². The second kappa shape index (κ2) is 2.70. The predicted molar refractivity (Wildman–Crippen MR) is 38.6 cm³/mol. The lowest BCUT2D eigenvalue weighted by Crippen LogP contribution is -2.26. The van der Waals surface area contributed by atoms with Gasteiger partial charge in [0.1, 0.15) is 0 Å². The highest BCUT2D eigenvalue weighted by Gasteiger charge is 2.35. The Morgan fingerprint density at radius 1 is 1.50 bits per heavy atom. The minimum absolute atomic E-state index is 0. The van der Waals surface area contributed by atoms with Crippen LogP contribution in [0.15, 0.2) is 0 Å². The van der Waals surface area contributed by atoms with Crippen molar-refractivity contribution in [3.8, 4) is 0 Å². The molecule has 0 aliphatic heterocycles. The molecule has 0 radical (unpaired) electrons. The van der Waals surface area contributed by atoms with Crippen molar-refractivity contribution in [3.05, 3.63) is 0 Å². The van der Waals surface area contributed by atoms with Crippen LogP contribution < -0.4 is 5.32 Å². The Morgan fingerprint density at radius 2 is 2.00 bits per heavy atom. The number of nitrogens with one attached hydrogen (secondary N) is 1. The molecule has 0 atom stereocenters. The summed E-state index contributed by atoms with van der Waals surface area (Å²) >= 11 is 0. The fraction of sp³-hybridized carbons (Fsp3) is 1.00. The number of hydrogen-bond acceptors (Lipinski definition) is 1. The average molecular weight is 136 g/mol. The van der Waals surface area contributed by atoms with Crippen LogP contribution in [0.3, 0.4) is 0 Å². The molecule has 0 aromatic rings. The first kappa shape index (κ1) is 8.25. The molecule has 0 amide bonds. The van der Waals surface area contributed by atoms with E-state index in [2.05, 4.69) is 19.2 Å². The zero-order valence-corrected chi connectivity index (χ0v) is 6.35. The van der Waals surface area contributed by atoms with Gasteiger partial charge < -0.3 is 5.32 Å². The standard InChI is InChI=1S/C6H13N.ClH/c1-3-7-6(2)4-5-6;/h7H,3-5H2,1-2H3;1H. The Balaban J connectivity index is 0.000000490. The molecule has 0 aromatic carbocycles. The van der Waals surface area contributed by atoms with Gasteiger partial charge in [0.15, 0.2) is 0 Å². The molecule has 1 nitrogen and oxygen atoms in total. The molecule has 0 unspecified atom stereocenters. The van der Waals surface area contributed by atoms with Crippen LogP contribution >= 0.6 is 12.4 Å². The van der Waals surface area contributed by atoms with Crippen LogP contribution in [0.5, 0.6) is 0 Å². The Morgan fingerprint density at radius 3 is 2.12 bits per heavy atom. The number of hydrogen-bond donors (Lipinski definition) is 1. The largest absolute Gasteiger partial charge is 0.312 e. The third-order valence-electron chi connectivity index (χ3n) is 1.60. The molecule has 0 saturated heterocycles. The minimum Gasteiger partial charge on any atom is -0.312 e. The lowest BCUT2D eigenvalue weighted by Gasteiger charge is -2.05. The maximum atomic E-state index is 3.40. The monoisotopic (exact) mass is 135 g/mol. The maximum Gasteiger partial charge on any atom is 0.0154 e. The summed E-state index contributed by atoms with van der Waals surface area (Å²) in [7, 11) is 0. The van der Waals surface area contributed by atoms with E-state index in [1.807, 2.05) is 0 Å².